The lowest BCUT2D eigenvalue weighted by atomic mass is 9.84. The van der Waals surface area contributed by atoms with Crippen LogP contribution in [0.1, 0.15) is 31.4 Å². The first-order chi connectivity index (χ1) is 17.4. The molecule has 2 aliphatic rings. The number of anilines is 3. The van der Waals surface area contributed by atoms with E-state index in [1.807, 2.05) is 37.3 Å². The number of aromatic amines is 1. The fourth-order valence-electron chi connectivity index (χ4n) is 5.41. The van der Waals surface area contributed by atoms with Crippen LogP contribution in [0.4, 0.5) is 17.6 Å². The molecule has 1 aromatic carbocycles. The molecule has 2 aliphatic heterocycles. The Labute approximate surface area is 209 Å². The van der Waals surface area contributed by atoms with Gasteiger partial charge in [-0.1, -0.05) is 12.1 Å². The number of hydrogen-bond donors (Lipinski definition) is 4. The van der Waals surface area contributed by atoms with E-state index in [1.54, 1.807) is 18.3 Å². The Hall–Kier alpha value is -3.57. The normalized spacial score (nSPS) is 23.9. The van der Waals surface area contributed by atoms with Crippen LogP contribution in [0.3, 0.4) is 0 Å². The van der Waals surface area contributed by atoms with Crippen molar-refractivity contribution < 1.29 is 8.42 Å². The predicted octanol–water partition coefficient (Wildman–Crippen LogP) is 3.34. The number of sulfone groups is 1. The minimum atomic E-state index is -3.40. The van der Waals surface area contributed by atoms with Crippen molar-refractivity contribution in [3.8, 4) is 0 Å². The Bertz CT molecular complexity index is 1480. The maximum atomic E-state index is 13.2. The van der Waals surface area contributed by atoms with Gasteiger partial charge in [0.1, 0.15) is 5.82 Å². The maximum absolute atomic E-state index is 13.2. The summed E-state index contributed by atoms with van der Waals surface area (Å²) in [6, 6.07) is 13.5. The van der Waals surface area contributed by atoms with Crippen LogP contribution >= 0.6 is 0 Å². The van der Waals surface area contributed by atoms with Gasteiger partial charge in [-0.2, -0.15) is 10.1 Å². The number of aromatic nitrogens is 5. The fourth-order valence-corrected chi connectivity index (χ4v) is 7.25. The summed E-state index contributed by atoms with van der Waals surface area (Å²) in [4.78, 5) is 13.8. The van der Waals surface area contributed by atoms with Crippen molar-refractivity contribution >= 4 is 38.3 Å². The molecule has 0 saturated carbocycles. The number of rotatable bonds is 6. The largest absolute Gasteiger partial charge is 0.351 e. The molecule has 2 saturated heterocycles. The van der Waals surface area contributed by atoms with Gasteiger partial charge in [0.2, 0.25) is 5.95 Å². The summed E-state index contributed by atoms with van der Waals surface area (Å²) < 4.78 is 26.4. The van der Waals surface area contributed by atoms with Gasteiger partial charge in [0.05, 0.1) is 15.7 Å². The molecule has 11 heteroatoms. The van der Waals surface area contributed by atoms with Crippen molar-refractivity contribution in [3.05, 3.63) is 60.6 Å². The number of H-pyrrole nitrogens is 1. The van der Waals surface area contributed by atoms with Crippen LogP contribution in [0.2, 0.25) is 0 Å². The van der Waals surface area contributed by atoms with Crippen molar-refractivity contribution in [1.82, 2.24) is 30.5 Å². The van der Waals surface area contributed by atoms with Crippen LogP contribution in [-0.2, 0) is 9.84 Å². The SMILES string of the molecule is Cc1cc(Nc2nc(NC3C[C@@H]4CC(S(=O)(=O)c5cccnc5)C[C@H](C3)N4)nc3ccccc23)n[nH]1. The molecule has 10 nitrogen and oxygen atoms in total. The first-order valence-electron chi connectivity index (χ1n) is 12.2. The van der Waals surface area contributed by atoms with E-state index in [9.17, 15) is 8.42 Å². The molecule has 2 unspecified atom stereocenters. The summed E-state index contributed by atoms with van der Waals surface area (Å²) in [5.41, 5.74) is 1.79. The molecule has 0 radical (unpaired) electrons. The molecule has 36 heavy (non-hydrogen) atoms. The van der Waals surface area contributed by atoms with Crippen LogP contribution < -0.4 is 16.0 Å². The molecular formula is C25H28N8O2S. The molecule has 5 heterocycles. The second-order valence-corrected chi connectivity index (χ2v) is 11.9. The quantitative estimate of drug-likeness (QED) is 0.311. The summed E-state index contributed by atoms with van der Waals surface area (Å²) in [5.74, 6) is 1.93. The van der Waals surface area contributed by atoms with Crippen molar-refractivity contribution in [2.45, 2.75) is 60.9 Å². The highest BCUT2D eigenvalue weighted by Crippen LogP contribution is 2.34. The molecule has 2 fully saturated rings. The topological polar surface area (TPSA) is 138 Å². The van der Waals surface area contributed by atoms with E-state index in [0.29, 0.717) is 35.3 Å². The molecule has 0 amide bonds. The zero-order valence-electron chi connectivity index (χ0n) is 19.8. The minimum Gasteiger partial charge on any atom is -0.351 e. The number of para-hydroxylation sites is 1. The molecule has 6 rings (SSSR count). The lowest BCUT2D eigenvalue weighted by Crippen LogP contribution is -2.56. The van der Waals surface area contributed by atoms with Crippen molar-refractivity contribution in [2.75, 3.05) is 10.6 Å². The zero-order valence-corrected chi connectivity index (χ0v) is 20.7. The number of nitrogens with zero attached hydrogens (tertiary/aromatic N) is 4. The molecule has 2 bridgehead atoms. The Kier molecular flexibility index (Phi) is 5.81. The van der Waals surface area contributed by atoms with E-state index >= 15 is 0 Å². The molecule has 0 spiro atoms. The van der Waals surface area contributed by atoms with E-state index in [2.05, 4.69) is 31.1 Å². The van der Waals surface area contributed by atoms with Gasteiger partial charge in [-0.25, -0.2) is 13.4 Å². The van der Waals surface area contributed by atoms with Crippen molar-refractivity contribution in [2.24, 2.45) is 0 Å². The van der Waals surface area contributed by atoms with E-state index in [0.717, 1.165) is 29.4 Å². The van der Waals surface area contributed by atoms with Crippen molar-refractivity contribution in [1.29, 1.82) is 0 Å². The average Bonchev–Trinajstić information content (AvgIpc) is 3.28. The number of nitrogens with one attached hydrogen (secondary N) is 4. The molecule has 4 aromatic rings. The zero-order chi connectivity index (χ0) is 24.7. The Morgan fingerprint density at radius 3 is 2.53 bits per heavy atom. The monoisotopic (exact) mass is 504 g/mol. The lowest BCUT2D eigenvalue weighted by Gasteiger charge is -2.43. The van der Waals surface area contributed by atoms with Gasteiger partial charge in [0, 0.05) is 47.7 Å². The molecule has 4 atom stereocenters. The number of hydrogen-bond acceptors (Lipinski definition) is 9. The number of piperidine rings is 2. The number of pyridine rings is 1. The van der Waals surface area contributed by atoms with Gasteiger partial charge in [-0.15, -0.1) is 0 Å². The lowest BCUT2D eigenvalue weighted by molar-refractivity contribution is 0.231. The van der Waals surface area contributed by atoms with Gasteiger partial charge in [-0.3, -0.25) is 10.1 Å². The number of aryl methyl sites for hydroxylation is 1. The molecule has 0 aliphatic carbocycles. The predicted molar refractivity (Wildman–Crippen MR) is 138 cm³/mol. The smallest absolute Gasteiger partial charge is 0.225 e. The molecule has 3 aromatic heterocycles. The number of benzene rings is 1. The van der Waals surface area contributed by atoms with Gasteiger partial charge in [0.25, 0.3) is 0 Å². The van der Waals surface area contributed by atoms with Crippen LogP contribution in [-0.4, -0.2) is 56.9 Å². The van der Waals surface area contributed by atoms with E-state index in [-0.39, 0.29) is 18.1 Å². The van der Waals surface area contributed by atoms with Crippen LogP contribution in [0.25, 0.3) is 10.9 Å². The molecule has 186 valence electrons. The Morgan fingerprint density at radius 2 is 1.81 bits per heavy atom. The second kappa shape index (κ2) is 9.14. The van der Waals surface area contributed by atoms with Gasteiger partial charge in [0.15, 0.2) is 15.7 Å². The molecular weight excluding hydrogens is 476 g/mol. The van der Waals surface area contributed by atoms with E-state index in [4.69, 9.17) is 9.97 Å². The third kappa shape index (κ3) is 4.51. The third-order valence-corrected chi connectivity index (χ3v) is 9.16. The summed E-state index contributed by atoms with van der Waals surface area (Å²) in [6.07, 6.45) is 5.80. The second-order valence-electron chi connectivity index (χ2n) is 9.67. The standard InChI is InChI=1S/C25H28N8O2S/c1-15-9-23(33-32-15)30-24-21-6-2-3-7-22(21)29-25(31-24)28-16-10-17-12-20(13-18(11-16)27-17)36(34,35)19-5-4-8-26-14-19/h2-9,14,16-18,20,27H,10-13H2,1H3,(H3,28,29,30,31,32,33)/t16?,17-,18+,20?. The maximum Gasteiger partial charge on any atom is 0.225 e. The fraction of sp³-hybridized carbons (Fsp3) is 0.360. The number of fused-ring (bicyclic) bond motifs is 3. The van der Waals surface area contributed by atoms with Crippen LogP contribution in [0, 0.1) is 6.92 Å². The Balaban J connectivity index is 1.20. The minimum absolute atomic E-state index is 0.108. The summed E-state index contributed by atoms with van der Waals surface area (Å²) in [7, 11) is -3.40. The van der Waals surface area contributed by atoms with Gasteiger partial charge in [-0.05, 0) is 56.9 Å². The summed E-state index contributed by atoms with van der Waals surface area (Å²) in [5, 5.41) is 18.2. The van der Waals surface area contributed by atoms with E-state index in [1.165, 1.54) is 6.20 Å². The van der Waals surface area contributed by atoms with Gasteiger partial charge < -0.3 is 16.0 Å². The first-order valence-corrected chi connectivity index (χ1v) is 13.7. The van der Waals surface area contributed by atoms with Crippen molar-refractivity contribution in [3.63, 3.8) is 0 Å². The summed E-state index contributed by atoms with van der Waals surface area (Å²) in [6.45, 7) is 1.95. The highest BCUT2D eigenvalue weighted by molar-refractivity contribution is 7.92. The highest BCUT2D eigenvalue weighted by Gasteiger charge is 2.41. The first kappa shape index (κ1) is 22.9. The highest BCUT2D eigenvalue weighted by atomic mass is 32.2. The summed E-state index contributed by atoms with van der Waals surface area (Å²) >= 11 is 0. The molecule has 4 N–H and O–H groups in total. The van der Waals surface area contributed by atoms with Crippen LogP contribution in [0.15, 0.2) is 59.8 Å². The average molecular weight is 505 g/mol. The third-order valence-electron chi connectivity index (χ3n) is 6.99. The van der Waals surface area contributed by atoms with Crippen LogP contribution in [0.5, 0.6) is 0 Å². The van der Waals surface area contributed by atoms with Gasteiger partial charge >= 0.3 is 0 Å². The Morgan fingerprint density at radius 1 is 1.00 bits per heavy atom. The van der Waals surface area contributed by atoms with E-state index < -0.39 is 15.1 Å².